The van der Waals surface area contributed by atoms with E-state index in [-0.39, 0.29) is 6.61 Å². The van der Waals surface area contributed by atoms with Crippen LogP contribution in [-0.4, -0.2) is 33.1 Å². The van der Waals surface area contributed by atoms with Crippen LogP contribution in [-0.2, 0) is 0 Å². The Morgan fingerprint density at radius 2 is 1.81 bits per heavy atom. The zero-order chi connectivity index (χ0) is 23.4. The molecule has 9 atom stereocenters. The molecule has 3 fully saturated rings. The van der Waals surface area contributed by atoms with E-state index in [9.17, 15) is 10.2 Å². The smallest absolute Gasteiger partial charge is 0.0657 e. The molecule has 4 aliphatic carbocycles. The third-order valence-electron chi connectivity index (χ3n) is 11.2. The molecule has 0 saturated heterocycles. The van der Waals surface area contributed by atoms with Crippen LogP contribution in [0.3, 0.4) is 0 Å². The van der Waals surface area contributed by atoms with Crippen LogP contribution in [0.4, 0.5) is 0 Å². The molecule has 0 spiro atoms. The van der Waals surface area contributed by atoms with Gasteiger partial charge >= 0.3 is 0 Å². The fraction of sp³-hybridized carbons (Fsp3) is 0.931. The van der Waals surface area contributed by atoms with Crippen LogP contribution < -0.4 is 0 Å². The molecule has 1 unspecified atom stereocenters. The van der Waals surface area contributed by atoms with Crippen molar-refractivity contribution in [2.24, 2.45) is 40.4 Å². The van der Waals surface area contributed by atoms with Crippen LogP contribution in [0.2, 0.25) is 0 Å². The Morgan fingerprint density at radius 3 is 2.53 bits per heavy atom. The molecular formula is C29H50O3. The van der Waals surface area contributed by atoms with E-state index in [1.54, 1.807) is 5.57 Å². The second-order valence-corrected chi connectivity index (χ2v) is 13.5. The zero-order valence-electron chi connectivity index (χ0n) is 21.5. The molecule has 3 saturated carbocycles. The molecule has 4 rings (SSSR count). The first-order valence-corrected chi connectivity index (χ1v) is 13.7. The largest absolute Gasteiger partial charge is 0.396 e. The molecule has 0 aliphatic heterocycles. The van der Waals surface area contributed by atoms with E-state index < -0.39 is 11.2 Å². The van der Waals surface area contributed by atoms with Gasteiger partial charge in [0.25, 0.3) is 0 Å². The van der Waals surface area contributed by atoms with Crippen LogP contribution in [0.15, 0.2) is 11.6 Å². The van der Waals surface area contributed by atoms with Crippen molar-refractivity contribution in [1.29, 1.82) is 0 Å². The minimum atomic E-state index is -0.644. The Bertz CT molecular complexity index is 709. The van der Waals surface area contributed by atoms with Crippen LogP contribution in [0.25, 0.3) is 0 Å². The fourth-order valence-corrected chi connectivity index (χ4v) is 9.10. The summed E-state index contributed by atoms with van der Waals surface area (Å²) in [7, 11) is 0. The van der Waals surface area contributed by atoms with Crippen molar-refractivity contribution in [2.45, 2.75) is 123 Å². The number of hydrogen-bond acceptors (Lipinski definition) is 3. The minimum absolute atomic E-state index is 0.170. The van der Waals surface area contributed by atoms with E-state index in [1.165, 1.54) is 32.1 Å². The molecule has 3 N–H and O–H groups in total. The maximum Gasteiger partial charge on any atom is 0.0657 e. The quantitative estimate of drug-likeness (QED) is 0.405. The molecule has 32 heavy (non-hydrogen) atoms. The summed E-state index contributed by atoms with van der Waals surface area (Å²) in [6.45, 7) is 11.7. The van der Waals surface area contributed by atoms with Gasteiger partial charge in [-0.15, -0.1) is 0 Å². The second-order valence-electron chi connectivity index (χ2n) is 13.5. The first-order valence-electron chi connectivity index (χ1n) is 13.7. The highest BCUT2D eigenvalue weighted by atomic mass is 16.3. The Hall–Kier alpha value is -0.380. The minimum Gasteiger partial charge on any atom is -0.396 e. The fourth-order valence-electron chi connectivity index (χ4n) is 9.10. The molecule has 0 bridgehead atoms. The number of allylic oxidation sites excluding steroid dienone is 1. The van der Waals surface area contributed by atoms with E-state index in [4.69, 9.17) is 5.11 Å². The van der Waals surface area contributed by atoms with Crippen LogP contribution in [0.1, 0.15) is 112 Å². The normalized spacial score (nSPS) is 46.4. The molecule has 0 aromatic rings. The summed E-state index contributed by atoms with van der Waals surface area (Å²) in [5.74, 6) is 3.87. The molecule has 0 amide bonds. The summed E-state index contributed by atoms with van der Waals surface area (Å²) in [5.41, 5.74) is 1.16. The van der Waals surface area contributed by atoms with E-state index in [0.29, 0.717) is 29.6 Å². The van der Waals surface area contributed by atoms with Crippen molar-refractivity contribution in [3.63, 3.8) is 0 Å². The molecule has 0 heterocycles. The van der Waals surface area contributed by atoms with Gasteiger partial charge in [0.1, 0.15) is 0 Å². The Kier molecular flexibility index (Phi) is 6.71. The standard InChI is InChI=1S/C29H50O3/c1-20(11-14-26(2,31)13-6-18-30)23-9-10-24-22-8-7-21-19-27(3,32)16-17-28(21,4)25(22)12-15-29(23,24)5/h7,20,22-25,30-32H,6,8-19H2,1-5H3/t20-,22+,23-,24+,25+,26?,27+,28+,29-/m1/s1. The van der Waals surface area contributed by atoms with Crippen LogP contribution in [0, 0.1) is 40.4 Å². The summed E-state index contributed by atoms with van der Waals surface area (Å²) in [6.07, 6.45) is 15.5. The van der Waals surface area contributed by atoms with Crippen molar-refractivity contribution in [2.75, 3.05) is 6.61 Å². The number of rotatable bonds is 7. The van der Waals surface area contributed by atoms with E-state index in [2.05, 4.69) is 26.8 Å². The van der Waals surface area contributed by atoms with Crippen LogP contribution >= 0.6 is 0 Å². The lowest BCUT2D eigenvalue weighted by Crippen LogP contribution is -2.52. The number of hydrogen-bond donors (Lipinski definition) is 3. The highest BCUT2D eigenvalue weighted by molar-refractivity contribution is 5.26. The van der Waals surface area contributed by atoms with Gasteiger partial charge in [0, 0.05) is 6.61 Å². The van der Waals surface area contributed by atoms with Gasteiger partial charge in [0.05, 0.1) is 11.2 Å². The van der Waals surface area contributed by atoms with Gasteiger partial charge < -0.3 is 15.3 Å². The van der Waals surface area contributed by atoms with E-state index in [0.717, 1.165) is 55.8 Å². The van der Waals surface area contributed by atoms with Gasteiger partial charge in [-0.25, -0.2) is 0 Å². The maximum absolute atomic E-state index is 10.7. The summed E-state index contributed by atoms with van der Waals surface area (Å²) < 4.78 is 0. The second kappa shape index (κ2) is 8.68. The van der Waals surface area contributed by atoms with Crippen molar-refractivity contribution in [1.82, 2.24) is 0 Å². The average Bonchev–Trinajstić information content (AvgIpc) is 3.08. The summed E-state index contributed by atoms with van der Waals surface area (Å²) in [6, 6.07) is 0. The van der Waals surface area contributed by atoms with Crippen molar-refractivity contribution in [3.05, 3.63) is 11.6 Å². The topological polar surface area (TPSA) is 60.7 Å². The summed E-state index contributed by atoms with van der Waals surface area (Å²) in [4.78, 5) is 0. The molecular weight excluding hydrogens is 396 g/mol. The van der Waals surface area contributed by atoms with Crippen molar-refractivity contribution >= 4 is 0 Å². The molecule has 0 aromatic heterocycles. The Balaban J connectivity index is 1.45. The van der Waals surface area contributed by atoms with E-state index in [1.807, 2.05) is 13.8 Å². The highest BCUT2D eigenvalue weighted by Crippen LogP contribution is 2.67. The number of aliphatic hydroxyl groups excluding tert-OH is 1. The predicted molar refractivity (Wildman–Crippen MR) is 131 cm³/mol. The Morgan fingerprint density at radius 1 is 1.06 bits per heavy atom. The van der Waals surface area contributed by atoms with Gasteiger partial charge in [-0.2, -0.15) is 0 Å². The highest BCUT2D eigenvalue weighted by Gasteiger charge is 2.59. The lowest BCUT2D eigenvalue weighted by atomic mass is 9.46. The van der Waals surface area contributed by atoms with Gasteiger partial charge in [-0.05, 0) is 131 Å². The van der Waals surface area contributed by atoms with Gasteiger partial charge in [0.2, 0.25) is 0 Å². The molecule has 0 radical (unpaired) electrons. The van der Waals surface area contributed by atoms with Gasteiger partial charge in [0.15, 0.2) is 0 Å². The van der Waals surface area contributed by atoms with Crippen LogP contribution in [0.5, 0.6) is 0 Å². The average molecular weight is 447 g/mol. The monoisotopic (exact) mass is 446 g/mol. The Labute approximate surface area is 197 Å². The first kappa shape index (κ1) is 24.7. The van der Waals surface area contributed by atoms with Gasteiger partial charge in [-0.3, -0.25) is 0 Å². The molecule has 3 heteroatoms. The number of aliphatic hydroxyl groups is 3. The molecule has 184 valence electrons. The predicted octanol–water partition coefficient (Wildman–Crippen LogP) is 6.26. The lowest BCUT2D eigenvalue weighted by molar-refractivity contribution is -0.0716. The molecule has 0 aromatic carbocycles. The third kappa shape index (κ3) is 4.36. The SMILES string of the molecule is C[C@H](CCC(C)(O)CCCO)[C@H]1CC[C@H]2[C@@H]3CC=C4C[C@@](C)(O)CC[C@]4(C)[C@H]3CC[C@]12C. The maximum atomic E-state index is 10.7. The third-order valence-corrected chi connectivity index (χ3v) is 11.2. The lowest BCUT2D eigenvalue weighted by Gasteiger charge is -2.59. The van der Waals surface area contributed by atoms with Gasteiger partial charge in [-0.1, -0.05) is 32.4 Å². The molecule has 4 aliphatic rings. The van der Waals surface area contributed by atoms with Crippen molar-refractivity contribution < 1.29 is 15.3 Å². The zero-order valence-corrected chi connectivity index (χ0v) is 21.5. The molecule has 3 nitrogen and oxygen atoms in total. The number of fused-ring (bicyclic) bond motifs is 5. The first-order chi connectivity index (χ1) is 14.9. The van der Waals surface area contributed by atoms with Crippen molar-refractivity contribution in [3.8, 4) is 0 Å². The summed E-state index contributed by atoms with van der Waals surface area (Å²) >= 11 is 0. The van der Waals surface area contributed by atoms with E-state index >= 15 is 0 Å². The summed E-state index contributed by atoms with van der Waals surface area (Å²) in [5, 5.41) is 30.5.